The topological polar surface area (TPSA) is 0 Å². The molecule has 1 heteroatoms. The van der Waals surface area contributed by atoms with Crippen molar-refractivity contribution >= 4 is 18.2 Å². The Morgan fingerprint density at radius 2 is 2.09 bits per heavy atom. The number of hydrogen-bond acceptors (Lipinski definition) is 1. The van der Waals surface area contributed by atoms with Crippen molar-refractivity contribution in [2.45, 2.75) is 18.2 Å². The molecule has 11 heavy (non-hydrogen) atoms. The maximum atomic E-state index is 4.38. The Morgan fingerprint density at radius 3 is 2.73 bits per heavy atom. The van der Waals surface area contributed by atoms with E-state index in [-0.39, 0.29) is 0 Å². The highest BCUT2D eigenvalue weighted by atomic mass is 32.1. The number of rotatable bonds is 1. The van der Waals surface area contributed by atoms with E-state index in [0.29, 0.717) is 0 Å². The van der Waals surface area contributed by atoms with E-state index in [2.05, 4.69) is 31.3 Å². The molecule has 2 rings (SSSR count). The summed E-state index contributed by atoms with van der Waals surface area (Å²) in [5.74, 6) is 0. The van der Waals surface area contributed by atoms with E-state index in [4.69, 9.17) is 0 Å². The summed E-state index contributed by atoms with van der Waals surface area (Å²) < 4.78 is 0. The Morgan fingerprint density at radius 1 is 1.45 bits per heavy atom. The molecule has 0 saturated carbocycles. The van der Waals surface area contributed by atoms with Gasteiger partial charge in [0.05, 0.1) is 0 Å². The third-order valence-corrected chi connectivity index (χ3v) is 2.40. The highest BCUT2D eigenvalue weighted by molar-refractivity contribution is 7.80. The zero-order valence-electron chi connectivity index (χ0n) is 6.52. The van der Waals surface area contributed by atoms with Crippen LogP contribution in [0, 0.1) is 0 Å². The first-order valence-electron chi connectivity index (χ1n) is 3.69. The molecule has 0 N–H and O–H groups in total. The normalized spacial score (nSPS) is 12.5. The van der Waals surface area contributed by atoms with Crippen molar-refractivity contribution in [2.75, 3.05) is 0 Å². The fourth-order valence-electron chi connectivity index (χ4n) is 1.28. The molecule has 0 amide bonds. The summed E-state index contributed by atoms with van der Waals surface area (Å²) in [6.07, 6.45) is 1.15. The number of hydrogen-bond donors (Lipinski definition) is 1. The van der Waals surface area contributed by atoms with Gasteiger partial charge in [0.1, 0.15) is 0 Å². The smallest absolute Gasteiger partial charge is 0.0118 e. The van der Waals surface area contributed by atoms with Crippen molar-refractivity contribution in [1.82, 2.24) is 0 Å². The molecule has 56 valence electrons. The number of fused-ring (bicyclic) bond motifs is 1. The van der Waals surface area contributed by atoms with Gasteiger partial charge in [0.2, 0.25) is 0 Å². The van der Waals surface area contributed by atoms with Gasteiger partial charge in [0.25, 0.3) is 0 Å². The van der Waals surface area contributed by atoms with E-state index >= 15 is 0 Å². The molecule has 0 aromatic heterocycles. The molecule has 0 unspecified atom stereocenters. The molecule has 0 nitrogen and oxygen atoms in total. The molecule has 1 aromatic rings. The summed E-state index contributed by atoms with van der Waals surface area (Å²) in [5.41, 5.74) is 5.20. The summed E-state index contributed by atoms with van der Waals surface area (Å²) in [4.78, 5) is 1.06. The van der Waals surface area contributed by atoms with Crippen LogP contribution in [0.3, 0.4) is 0 Å². The molecular formula is C10H10S. The second-order valence-electron chi connectivity index (χ2n) is 3.10. The number of benzene rings is 1. The zero-order chi connectivity index (χ0) is 8.01. The summed E-state index contributed by atoms with van der Waals surface area (Å²) in [6.45, 7) is 5.92. The predicted octanol–water partition coefficient (Wildman–Crippen LogP) is 2.91. The first kappa shape index (κ1) is 6.99. The van der Waals surface area contributed by atoms with E-state index in [9.17, 15) is 0 Å². The van der Waals surface area contributed by atoms with Crippen molar-refractivity contribution < 1.29 is 0 Å². The van der Waals surface area contributed by atoms with Gasteiger partial charge >= 0.3 is 0 Å². The van der Waals surface area contributed by atoms with Gasteiger partial charge < -0.3 is 0 Å². The van der Waals surface area contributed by atoms with Gasteiger partial charge in [-0.05, 0) is 47.7 Å². The predicted molar refractivity (Wildman–Crippen MR) is 51.2 cm³/mol. The highest BCUT2D eigenvalue weighted by Crippen LogP contribution is 2.34. The van der Waals surface area contributed by atoms with Crippen LogP contribution in [0.25, 0.3) is 5.57 Å². The fraction of sp³-hybridized carbons (Fsp3) is 0.200. The molecule has 0 heterocycles. The van der Waals surface area contributed by atoms with Crippen LogP contribution < -0.4 is 0 Å². The fourth-order valence-corrected chi connectivity index (χ4v) is 1.69. The summed E-state index contributed by atoms with van der Waals surface area (Å²) >= 11 is 4.38. The summed E-state index contributed by atoms with van der Waals surface area (Å²) in [5, 5.41) is 0. The monoisotopic (exact) mass is 162 g/mol. The summed E-state index contributed by atoms with van der Waals surface area (Å²) in [7, 11) is 0. The van der Waals surface area contributed by atoms with Gasteiger partial charge in [-0.3, -0.25) is 0 Å². The number of allylic oxidation sites excluding steroid dienone is 1. The maximum Gasteiger partial charge on any atom is 0.0118 e. The van der Waals surface area contributed by atoms with Gasteiger partial charge in [-0.2, -0.15) is 0 Å². The van der Waals surface area contributed by atoms with Crippen LogP contribution in [0.4, 0.5) is 0 Å². The minimum absolute atomic E-state index is 1.06. The minimum atomic E-state index is 1.06. The highest BCUT2D eigenvalue weighted by Gasteiger charge is 2.18. The van der Waals surface area contributed by atoms with Gasteiger partial charge in [0, 0.05) is 4.90 Å². The van der Waals surface area contributed by atoms with E-state index in [1.165, 1.54) is 16.7 Å². The zero-order valence-corrected chi connectivity index (χ0v) is 7.41. The van der Waals surface area contributed by atoms with Gasteiger partial charge in [-0.15, -0.1) is 12.6 Å². The second kappa shape index (κ2) is 2.15. The molecule has 0 atom stereocenters. The van der Waals surface area contributed by atoms with Crippen LogP contribution in [0.2, 0.25) is 0 Å². The average Bonchev–Trinajstić information content (AvgIpc) is 2.63. The van der Waals surface area contributed by atoms with Crippen LogP contribution in [0.15, 0.2) is 23.6 Å². The Kier molecular flexibility index (Phi) is 1.36. The van der Waals surface area contributed by atoms with E-state index < -0.39 is 0 Å². The molecule has 0 saturated heterocycles. The van der Waals surface area contributed by atoms with Crippen LogP contribution in [0.5, 0.6) is 0 Å². The van der Waals surface area contributed by atoms with E-state index in [1.807, 2.05) is 6.92 Å². The van der Waals surface area contributed by atoms with Crippen molar-refractivity contribution in [3.63, 3.8) is 0 Å². The quantitative estimate of drug-likeness (QED) is 0.612. The largest absolute Gasteiger partial charge is 0.143 e. The molecule has 0 aliphatic heterocycles. The van der Waals surface area contributed by atoms with Gasteiger partial charge in [-0.1, -0.05) is 6.58 Å². The summed E-state index contributed by atoms with van der Waals surface area (Å²) in [6, 6.07) is 4.34. The molecule has 1 aromatic carbocycles. The van der Waals surface area contributed by atoms with Crippen LogP contribution in [-0.2, 0) is 6.42 Å². The van der Waals surface area contributed by atoms with Crippen LogP contribution in [-0.4, -0.2) is 0 Å². The van der Waals surface area contributed by atoms with Crippen LogP contribution in [0.1, 0.15) is 23.6 Å². The molecular weight excluding hydrogens is 152 g/mol. The van der Waals surface area contributed by atoms with E-state index in [0.717, 1.165) is 16.9 Å². The standard InChI is InChI=1S/C10H10S/c1-6(2)9-4-7-3-8(7)5-10(9)11/h4-5,11H,1,3H2,2H3. The maximum absolute atomic E-state index is 4.38. The molecule has 1 aliphatic rings. The Bertz CT molecular complexity index is 337. The van der Waals surface area contributed by atoms with Crippen molar-refractivity contribution in [3.05, 3.63) is 35.4 Å². The SMILES string of the molecule is C=C(C)c1cc2c(cc1S)C2. The van der Waals surface area contributed by atoms with Crippen molar-refractivity contribution in [2.24, 2.45) is 0 Å². The third kappa shape index (κ3) is 1.10. The molecule has 0 spiro atoms. The van der Waals surface area contributed by atoms with Crippen LogP contribution >= 0.6 is 12.6 Å². The van der Waals surface area contributed by atoms with Crippen molar-refractivity contribution in [1.29, 1.82) is 0 Å². The first-order chi connectivity index (χ1) is 5.18. The lowest BCUT2D eigenvalue weighted by Gasteiger charge is -2.00. The molecule has 0 fully saturated rings. The third-order valence-electron chi connectivity index (χ3n) is 2.03. The molecule has 1 aliphatic carbocycles. The molecule has 0 bridgehead atoms. The lowest BCUT2D eigenvalue weighted by atomic mass is 10.1. The second-order valence-corrected chi connectivity index (χ2v) is 3.58. The lowest BCUT2D eigenvalue weighted by molar-refractivity contribution is 1.41. The number of thiol groups is 1. The lowest BCUT2D eigenvalue weighted by Crippen LogP contribution is -1.78. The average molecular weight is 162 g/mol. The van der Waals surface area contributed by atoms with Gasteiger partial charge in [-0.25, -0.2) is 0 Å². The van der Waals surface area contributed by atoms with Gasteiger partial charge in [0.15, 0.2) is 0 Å². The Labute approximate surface area is 72.4 Å². The minimum Gasteiger partial charge on any atom is -0.143 e. The Hall–Kier alpha value is -0.690. The van der Waals surface area contributed by atoms with Crippen molar-refractivity contribution in [3.8, 4) is 0 Å². The van der Waals surface area contributed by atoms with E-state index in [1.54, 1.807) is 0 Å². The Balaban J connectivity index is 2.57. The first-order valence-corrected chi connectivity index (χ1v) is 4.14. The molecule has 0 radical (unpaired) electrons.